The van der Waals surface area contributed by atoms with Crippen LogP contribution in [0.5, 0.6) is 0 Å². The lowest BCUT2D eigenvalue weighted by Gasteiger charge is -2.26. The highest BCUT2D eigenvalue weighted by atomic mass is 16.4. The number of likely N-dealkylation sites (tertiary alicyclic amines) is 1. The second kappa shape index (κ2) is 6.14. The molecule has 23 heavy (non-hydrogen) atoms. The smallest absolute Gasteiger partial charge is 0.336 e. The van der Waals surface area contributed by atoms with Crippen LogP contribution in [-0.2, 0) is 12.1 Å². The zero-order chi connectivity index (χ0) is 16.4. The average Bonchev–Trinajstić information content (AvgIpc) is 2.90. The van der Waals surface area contributed by atoms with Gasteiger partial charge in [-0.05, 0) is 36.1 Å². The fourth-order valence-electron chi connectivity index (χ4n) is 3.43. The summed E-state index contributed by atoms with van der Waals surface area (Å²) >= 11 is 0. The molecule has 0 radical (unpaired) electrons. The molecular weight excluding hydrogens is 290 g/mol. The molecular formula is C19H21NO3. The van der Waals surface area contributed by atoms with Gasteiger partial charge in [0.25, 0.3) is 0 Å². The van der Waals surface area contributed by atoms with E-state index in [1.807, 2.05) is 43.3 Å². The highest BCUT2D eigenvalue weighted by Gasteiger charge is 2.38. The number of carboxylic acid groups (broad SMARTS) is 1. The fraction of sp³-hybridized carbons (Fsp3) is 0.316. The molecule has 1 saturated heterocycles. The molecule has 2 aromatic carbocycles. The molecule has 0 aromatic heterocycles. The summed E-state index contributed by atoms with van der Waals surface area (Å²) in [5.74, 6) is -0.908. The summed E-state index contributed by atoms with van der Waals surface area (Å²) in [5.41, 5.74) is 2.31. The first-order valence-electron chi connectivity index (χ1n) is 7.82. The quantitative estimate of drug-likeness (QED) is 0.911. The van der Waals surface area contributed by atoms with Gasteiger partial charge in [0.2, 0.25) is 0 Å². The number of aromatic carboxylic acids is 1. The van der Waals surface area contributed by atoms with Crippen molar-refractivity contribution < 1.29 is 15.0 Å². The zero-order valence-electron chi connectivity index (χ0n) is 13.2. The molecule has 0 bridgehead atoms. The van der Waals surface area contributed by atoms with E-state index in [1.165, 1.54) is 0 Å². The first-order chi connectivity index (χ1) is 11.0. The van der Waals surface area contributed by atoms with Crippen LogP contribution in [0, 0.1) is 6.92 Å². The molecule has 3 rings (SSSR count). The van der Waals surface area contributed by atoms with Crippen LogP contribution >= 0.6 is 0 Å². The molecule has 1 aliphatic heterocycles. The van der Waals surface area contributed by atoms with Crippen LogP contribution in [0.3, 0.4) is 0 Å². The summed E-state index contributed by atoms with van der Waals surface area (Å²) < 4.78 is 0. The van der Waals surface area contributed by atoms with Crippen LogP contribution in [-0.4, -0.2) is 34.2 Å². The largest absolute Gasteiger partial charge is 0.478 e. The van der Waals surface area contributed by atoms with Crippen LogP contribution in [0.4, 0.5) is 0 Å². The fourth-order valence-corrected chi connectivity index (χ4v) is 3.43. The van der Waals surface area contributed by atoms with Gasteiger partial charge in [-0.3, -0.25) is 4.90 Å². The third kappa shape index (κ3) is 3.14. The summed E-state index contributed by atoms with van der Waals surface area (Å²) in [5, 5.41) is 20.3. The van der Waals surface area contributed by atoms with Crippen molar-refractivity contribution in [3.05, 3.63) is 70.8 Å². The predicted octanol–water partition coefficient (Wildman–Crippen LogP) is 2.79. The Balaban J connectivity index is 1.79. The zero-order valence-corrected chi connectivity index (χ0v) is 13.2. The van der Waals surface area contributed by atoms with E-state index in [2.05, 4.69) is 4.90 Å². The molecule has 1 fully saturated rings. The Bertz CT molecular complexity index is 728. The van der Waals surface area contributed by atoms with Gasteiger partial charge in [-0.25, -0.2) is 4.79 Å². The van der Waals surface area contributed by atoms with Crippen LogP contribution in [0.25, 0.3) is 0 Å². The van der Waals surface area contributed by atoms with E-state index in [0.29, 0.717) is 25.1 Å². The number of nitrogens with zero attached hydrogens (tertiary/aromatic N) is 1. The SMILES string of the molecule is Cc1ccccc1[C@@]1(O)CCN(Cc2ccccc2C(=O)O)C1. The van der Waals surface area contributed by atoms with Crippen molar-refractivity contribution in [1.29, 1.82) is 0 Å². The maximum absolute atomic E-state index is 11.3. The summed E-state index contributed by atoms with van der Waals surface area (Å²) in [7, 11) is 0. The van der Waals surface area contributed by atoms with Crippen LogP contribution in [0.1, 0.15) is 33.5 Å². The molecule has 1 atom stereocenters. The second-order valence-corrected chi connectivity index (χ2v) is 6.27. The van der Waals surface area contributed by atoms with Crippen molar-refractivity contribution in [2.75, 3.05) is 13.1 Å². The lowest BCUT2D eigenvalue weighted by Crippen LogP contribution is -2.31. The van der Waals surface area contributed by atoms with E-state index in [0.717, 1.165) is 23.2 Å². The van der Waals surface area contributed by atoms with Gasteiger partial charge in [0.05, 0.1) is 5.56 Å². The molecule has 1 aliphatic rings. The third-order valence-corrected chi connectivity index (χ3v) is 4.61. The van der Waals surface area contributed by atoms with Gasteiger partial charge in [0.1, 0.15) is 5.60 Å². The van der Waals surface area contributed by atoms with E-state index >= 15 is 0 Å². The molecule has 0 saturated carbocycles. The normalized spacial score (nSPS) is 21.5. The minimum Gasteiger partial charge on any atom is -0.478 e. The number of carboxylic acids is 1. The Morgan fingerprint density at radius 1 is 1.17 bits per heavy atom. The maximum Gasteiger partial charge on any atom is 0.336 e. The number of carbonyl (C=O) groups is 1. The van der Waals surface area contributed by atoms with E-state index in [9.17, 15) is 15.0 Å². The van der Waals surface area contributed by atoms with E-state index in [-0.39, 0.29) is 0 Å². The number of aliphatic hydroxyl groups is 1. The predicted molar refractivity (Wildman–Crippen MR) is 88.4 cm³/mol. The van der Waals surface area contributed by atoms with Gasteiger partial charge >= 0.3 is 5.97 Å². The molecule has 2 aromatic rings. The summed E-state index contributed by atoms with van der Waals surface area (Å²) in [6.07, 6.45) is 0.660. The molecule has 0 amide bonds. The number of rotatable bonds is 4. The lowest BCUT2D eigenvalue weighted by molar-refractivity contribution is 0.0446. The average molecular weight is 311 g/mol. The van der Waals surface area contributed by atoms with Crippen molar-refractivity contribution in [1.82, 2.24) is 4.90 Å². The number of hydrogen-bond acceptors (Lipinski definition) is 3. The first kappa shape index (κ1) is 15.7. The van der Waals surface area contributed by atoms with E-state index < -0.39 is 11.6 Å². The molecule has 0 aliphatic carbocycles. The molecule has 120 valence electrons. The minimum atomic E-state index is -0.908. The van der Waals surface area contributed by atoms with Crippen LogP contribution in [0.2, 0.25) is 0 Å². The Morgan fingerprint density at radius 3 is 2.61 bits per heavy atom. The van der Waals surface area contributed by atoms with Crippen molar-refractivity contribution in [3.63, 3.8) is 0 Å². The van der Waals surface area contributed by atoms with Gasteiger partial charge in [0, 0.05) is 19.6 Å². The Kier molecular flexibility index (Phi) is 4.20. The Hall–Kier alpha value is -2.17. The van der Waals surface area contributed by atoms with Crippen molar-refractivity contribution >= 4 is 5.97 Å². The lowest BCUT2D eigenvalue weighted by atomic mass is 9.89. The number of benzene rings is 2. The van der Waals surface area contributed by atoms with Crippen molar-refractivity contribution in [2.24, 2.45) is 0 Å². The highest BCUT2D eigenvalue weighted by Crippen LogP contribution is 2.34. The maximum atomic E-state index is 11.3. The molecule has 4 nitrogen and oxygen atoms in total. The Morgan fingerprint density at radius 2 is 1.87 bits per heavy atom. The molecule has 4 heteroatoms. The van der Waals surface area contributed by atoms with Crippen LogP contribution < -0.4 is 0 Å². The monoisotopic (exact) mass is 311 g/mol. The van der Waals surface area contributed by atoms with Gasteiger partial charge < -0.3 is 10.2 Å². The Labute approximate surface area is 136 Å². The number of aryl methyl sites for hydroxylation is 1. The third-order valence-electron chi connectivity index (χ3n) is 4.61. The molecule has 2 N–H and O–H groups in total. The number of β-amino-alcohol motifs (C(OH)–C–C–N with tert-alkyl or cyclic N) is 1. The van der Waals surface area contributed by atoms with E-state index in [4.69, 9.17) is 0 Å². The number of hydrogen-bond donors (Lipinski definition) is 2. The summed E-state index contributed by atoms with van der Waals surface area (Å²) in [6, 6.07) is 15.0. The topological polar surface area (TPSA) is 60.8 Å². The minimum absolute atomic E-state index is 0.332. The standard InChI is InChI=1S/C19H21NO3/c1-14-6-2-5-9-17(14)19(23)10-11-20(13-19)12-15-7-3-4-8-16(15)18(21)22/h2-9,23H,10-13H2,1H3,(H,21,22)/t19-/m1/s1. The molecule has 0 unspecified atom stereocenters. The molecule has 1 heterocycles. The second-order valence-electron chi connectivity index (χ2n) is 6.27. The molecule has 0 spiro atoms. The van der Waals surface area contributed by atoms with Crippen molar-refractivity contribution in [2.45, 2.75) is 25.5 Å². The highest BCUT2D eigenvalue weighted by molar-refractivity contribution is 5.89. The van der Waals surface area contributed by atoms with Gasteiger partial charge in [0.15, 0.2) is 0 Å². The summed E-state index contributed by atoms with van der Waals surface area (Å²) in [6.45, 7) is 3.82. The summed E-state index contributed by atoms with van der Waals surface area (Å²) in [4.78, 5) is 13.4. The van der Waals surface area contributed by atoms with Gasteiger partial charge in [-0.2, -0.15) is 0 Å². The van der Waals surface area contributed by atoms with Crippen molar-refractivity contribution in [3.8, 4) is 0 Å². The van der Waals surface area contributed by atoms with E-state index in [1.54, 1.807) is 12.1 Å². The van der Waals surface area contributed by atoms with Gasteiger partial charge in [-0.1, -0.05) is 42.5 Å². The van der Waals surface area contributed by atoms with Crippen LogP contribution in [0.15, 0.2) is 48.5 Å². The van der Waals surface area contributed by atoms with Gasteiger partial charge in [-0.15, -0.1) is 0 Å². The first-order valence-corrected chi connectivity index (χ1v) is 7.82.